The Balaban J connectivity index is 0.000000202. The molecule has 0 aliphatic carbocycles. The molecule has 0 spiro atoms. The maximum Gasteiger partial charge on any atom is 0.237 e. The van der Waals surface area contributed by atoms with Crippen LogP contribution in [0.2, 0.25) is 0 Å². The first-order valence-electron chi connectivity index (χ1n) is 12.5. The van der Waals surface area contributed by atoms with Crippen LogP contribution in [-0.4, -0.2) is 32.0 Å². The van der Waals surface area contributed by atoms with Gasteiger partial charge < -0.3 is 15.8 Å². The Hall–Kier alpha value is -3.48. The quantitative estimate of drug-likeness (QED) is 0.244. The molecule has 1 aliphatic heterocycles. The molecule has 0 saturated carbocycles. The van der Waals surface area contributed by atoms with Crippen molar-refractivity contribution in [3.8, 4) is 0 Å². The lowest BCUT2D eigenvalue weighted by Gasteiger charge is -2.34. The number of benzene rings is 3. The Labute approximate surface area is 214 Å². The molecule has 4 N–H and O–H groups in total. The molecule has 6 heteroatoms. The van der Waals surface area contributed by atoms with Gasteiger partial charge in [0.2, 0.25) is 11.8 Å². The number of aryl methyl sites for hydroxylation is 1. The zero-order valence-corrected chi connectivity index (χ0v) is 21.4. The Kier molecular flexibility index (Phi) is 9.79. The molecule has 4 rings (SSSR count). The smallest absolute Gasteiger partial charge is 0.237 e. The number of likely N-dealkylation sites (N-methyl/N-ethyl adjacent to an activating group) is 1. The number of rotatable bonds is 8. The van der Waals surface area contributed by atoms with E-state index in [-0.39, 0.29) is 17.9 Å². The van der Waals surface area contributed by atoms with Gasteiger partial charge in [-0.15, -0.1) is 0 Å². The summed E-state index contributed by atoms with van der Waals surface area (Å²) in [4.78, 5) is 23.3. The molecular formula is C30H37N3O3. The summed E-state index contributed by atoms with van der Waals surface area (Å²) in [6.07, 6.45) is 1.65. The second kappa shape index (κ2) is 13.0. The Morgan fingerprint density at radius 1 is 1.00 bits per heavy atom. The number of hydrogen-bond acceptors (Lipinski definition) is 5. The lowest BCUT2D eigenvalue weighted by molar-refractivity contribution is -0.138. The van der Waals surface area contributed by atoms with E-state index in [4.69, 9.17) is 10.5 Å². The van der Waals surface area contributed by atoms with Crippen molar-refractivity contribution in [1.82, 2.24) is 10.6 Å². The topological polar surface area (TPSA) is 93.5 Å². The van der Waals surface area contributed by atoms with Crippen LogP contribution in [-0.2, 0) is 19.7 Å². The molecule has 1 saturated heterocycles. The highest BCUT2D eigenvalue weighted by Gasteiger charge is 2.42. The second-order valence-corrected chi connectivity index (χ2v) is 9.06. The number of imide groups is 1. The first kappa shape index (κ1) is 27.1. The van der Waals surface area contributed by atoms with Gasteiger partial charge in [-0.25, -0.2) is 0 Å². The average Bonchev–Trinajstić information content (AvgIpc) is 2.89. The highest BCUT2D eigenvalue weighted by molar-refractivity contribution is 6.03. The van der Waals surface area contributed by atoms with Crippen LogP contribution in [0, 0.1) is 6.92 Å². The molecule has 0 aromatic heterocycles. The highest BCUT2D eigenvalue weighted by atomic mass is 16.5. The number of hydrogen-bond donors (Lipinski definition) is 3. The average molecular weight is 488 g/mol. The molecule has 3 aromatic carbocycles. The van der Waals surface area contributed by atoms with Crippen molar-refractivity contribution in [3.63, 3.8) is 0 Å². The van der Waals surface area contributed by atoms with Crippen LogP contribution in [0.15, 0.2) is 78.9 Å². The van der Waals surface area contributed by atoms with Gasteiger partial charge >= 0.3 is 0 Å². The Morgan fingerprint density at radius 3 is 2.28 bits per heavy atom. The lowest BCUT2D eigenvalue weighted by Crippen LogP contribution is -2.51. The highest BCUT2D eigenvalue weighted by Crippen LogP contribution is 2.36. The number of nitrogens with one attached hydrogen (secondary N) is 2. The van der Waals surface area contributed by atoms with E-state index in [1.807, 2.05) is 32.2 Å². The van der Waals surface area contributed by atoms with Gasteiger partial charge in [0.25, 0.3) is 0 Å². The van der Waals surface area contributed by atoms with Gasteiger partial charge in [0.1, 0.15) is 6.10 Å². The number of amides is 2. The largest absolute Gasteiger partial charge is 0.399 e. The van der Waals surface area contributed by atoms with Crippen LogP contribution in [0.25, 0.3) is 0 Å². The fourth-order valence-electron chi connectivity index (χ4n) is 4.52. The summed E-state index contributed by atoms with van der Waals surface area (Å²) < 4.78 is 6.07. The monoisotopic (exact) mass is 487 g/mol. The molecule has 190 valence electrons. The molecule has 0 radical (unpaired) electrons. The molecule has 1 fully saturated rings. The van der Waals surface area contributed by atoms with Crippen molar-refractivity contribution in [2.24, 2.45) is 0 Å². The molecule has 1 heterocycles. The molecule has 2 amide bonds. The fraction of sp³-hybridized carbons (Fsp3) is 0.333. The van der Waals surface area contributed by atoms with Gasteiger partial charge in [0.05, 0.1) is 12.0 Å². The van der Waals surface area contributed by atoms with Crippen molar-refractivity contribution < 1.29 is 14.3 Å². The van der Waals surface area contributed by atoms with Crippen LogP contribution in [0.5, 0.6) is 0 Å². The van der Waals surface area contributed by atoms with E-state index in [0.717, 1.165) is 12.1 Å². The Morgan fingerprint density at radius 2 is 1.67 bits per heavy atom. The summed E-state index contributed by atoms with van der Waals surface area (Å²) in [7, 11) is 1.94. The van der Waals surface area contributed by atoms with Crippen LogP contribution < -0.4 is 16.4 Å². The van der Waals surface area contributed by atoms with E-state index in [0.29, 0.717) is 31.6 Å². The summed E-state index contributed by atoms with van der Waals surface area (Å²) in [6.45, 7) is 5.65. The normalized spacial score (nSPS) is 18.1. The third-order valence-electron chi connectivity index (χ3n) is 6.74. The van der Waals surface area contributed by atoms with E-state index in [1.165, 1.54) is 16.7 Å². The molecule has 0 bridgehead atoms. The number of piperidine rings is 1. The van der Waals surface area contributed by atoms with E-state index >= 15 is 0 Å². The van der Waals surface area contributed by atoms with Gasteiger partial charge in [-0.05, 0) is 61.2 Å². The Bertz CT molecular complexity index is 1130. The van der Waals surface area contributed by atoms with E-state index in [1.54, 1.807) is 12.1 Å². The van der Waals surface area contributed by atoms with Gasteiger partial charge in [-0.2, -0.15) is 0 Å². The number of ether oxygens (including phenoxy) is 1. The standard InChI is InChI=1S/C17H21NO.C13H16N2O2/c1-14-8-6-7-11-16(14)17(19-13-12-18-2)15-9-4-3-5-10-15;1-2-13(8-7-11(16)15-12(13)17)9-3-5-10(14)6-4-9/h3-11,17-18H,12-13H2,1-2H3;3-6H,2,7-8,14H2,1H3,(H,15,16,17). The van der Waals surface area contributed by atoms with Crippen molar-refractivity contribution in [2.45, 2.75) is 44.6 Å². The minimum Gasteiger partial charge on any atom is -0.399 e. The fourth-order valence-corrected chi connectivity index (χ4v) is 4.52. The second-order valence-electron chi connectivity index (χ2n) is 9.06. The predicted molar refractivity (Wildman–Crippen MR) is 145 cm³/mol. The van der Waals surface area contributed by atoms with Crippen LogP contribution in [0.4, 0.5) is 5.69 Å². The van der Waals surface area contributed by atoms with Gasteiger partial charge in [0, 0.05) is 18.7 Å². The van der Waals surface area contributed by atoms with Crippen LogP contribution >= 0.6 is 0 Å². The number of anilines is 1. The first-order chi connectivity index (χ1) is 17.4. The van der Waals surface area contributed by atoms with Crippen molar-refractivity contribution in [2.75, 3.05) is 25.9 Å². The van der Waals surface area contributed by atoms with Gasteiger partial charge in [-0.1, -0.05) is 73.7 Å². The van der Waals surface area contributed by atoms with Crippen molar-refractivity contribution in [3.05, 3.63) is 101 Å². The molecular weight excluding hydrogens is 450 g/mol. The molecule has 2 atom stereocenters. The summed E-state index contributed by atoms with van der Waals surface area (Å²) in [5.41, 5.74) is 10.4. The summed E-state index contributed by atoms with van der Waals surface area (Å²) in [6, 6.07) is 26.1. The number of nitrogens with two attached hydrogens (primary N) is 1. The molecule has 6 nitrogen and oxygen atoms in total. The zero-order chi connectivity index (χ0) is 26.0. The SMILES string of the molecule is CCC1(c2ccc(N)cc2)CCC(=O)NC1=O.CNCCOC(c1ccccc1)c1ccccc1C. The minimum absolute atomic E-state index is 0.00995. The van der Waals surface area contributed by atoms with Crippen molar-refractivity contribution >= 4 is 17.5 Å². The third-order valence-corrected chi connectivity index (χ3v) is 6.74. The third kappa shape index (κ3) is 6.59. The van der Waals surface area contributed by atoms with E-state index in [2.05, 4.69) is 66.1 Å². The maximum atomic E-state index is 12.1. The number of carbonyl (C=O) groups is 2. The zero-order valence-electron chi connectivity index (χ0n) is 21.4. The van der Waals surface area contributed by atoms with E-state index < -0.39 is 5.41 Å². The molecule has 3 aromatic rings. The minimum atomic E-state index is -0.582. The summed E-state index contributed by atoms with van der Waals surface area (Å²) in [5.74, 6) is -0.379. The predicted octanol–water partition coefficient (Wildman–Crippen LogP) is 4.67. The van der Waals surface area contributed by atoms with E-state index in [9.17, 15) is 9.59 Å². The van der Waals surface area contributed by atoms with Crippen LogP contribution in [0.1, 0.15) is 54.5 Å². The van der Waals surface area contributed by atoms with Gasteiger partial charge in [0.15, 0.2) is 0 Å². The summed E-state index contributed by atoms with van der Waals surface area (Å²) >= 11 is 0. The molecule has 36 heavy (non-hydrogen) atoms. The van der Waals surface area contributed by atoms with Crippen LogP contribution in [0.3, 0.4) is 0 Å². The maximum absolute atomic E-state index is 12.1. The van der Waals surface area contributed by atoms with Crippen molar-refractivity contribution in [1.29, 1.82) is 0 Å². The number of nitrogen functional groups attached to an aromatic ring is 1. The lowest BCUT2D eigenvalue weighted by atomic mass is 9.72. The van der Waals surface area contributed by atoms with Gasteiger partial charge in [-0.3, -0.25) is 14.9 Å². The first-order valence-corrected chi connectivity index (χ1v) is 12.5. The number of carbonyl (C=O) groups excluding carboxylic acids is 2. The molecule has 2 unspecified atom stereocenters. The molecule has 1 aliphatic rings. The summed E-state index contributed by atoms with van der Waals surface area (Å²) in [5, 5.41) is 5.54.